The van der Waals surface area contributed by atoms with E-state index < -0.39 is 0 Å². The molecule has 1 aliphatic carbocycles. The summed E-state index contributed by atoms with van der Waals surface area (Å²) in [6, 6.07) is 0.653. The molecule has 1 nitrogen and oxygen atoms in total. The second-order valence-electron chi connectivity index (χ2n) is 3.60. The molecule has 1 rings (SSSR count). The van der Waals surface area contributed by atoms with E-state index in [-0.39, 0.29) is 0 Å². The second kappa shape index (κ2) is 5.60. The molecule has 0 aromatic heterocycles. The fourth-order valence-electron chi connectivity index (χ4n) is 1.92. The van der Waals surface area contributed by atoms with Gasteiger partial charge in [0.05, 0.1) is 0 Å². The molecule has 2 heteroatoms. The third kappa shape index (κ3) is 3.16. The monoisotopic (exact) mass is 187 g/mol. The molecule has 1 aliphatic rings. The van der Waals surface area contributed by atoms with Crippen LogP contribution in [0.1, 0.15) is 32.6 Å². The summed E-state index contributed by atoms with van der Waals surface area (Å²) < 4.78 is 0. The van der Waals surface area contributed by atoms with Gasteiger partial charge in [-0.15, -0.1) is 0 Å². The van der Waals surface area contributed by atoms with E-state index in [1.807, 2.05) is 6.08 Å². The largest absolute Gasteiger partial charge is 0.310 e. The Morgan fingerprint density at radius 1 is 1.50 bits per heavy atom. The minimum absolute atomic E-state index is 0.653. The molecule has 0 radical (unpaired) electrons. The first-order valence-electron chi connectivity index (χ1n) is 4.83. The zero-order chi connectivity index (χ0) is 8.81. The Balaban J connectivity index is 2.13. The van der Waals surface area contributed by atoms with Gasteiger partial charge in [-0.2, -0.15) is 0 Å². The summed E-state index contributed by atoms with van der Waals surface area (Å²) in [5, 5.41) is 3.45. The third-order valence-corrected chi connectivity index (χ3v) is 2.93. The Kier molecular flexibility index (Phi) is 4.70. The number of hydrogen-bond donors (Lipinski definition) is 1. The molecule has 0 bridgehead atoms. The number of rotatable bonds is 4. The zero-order valence-corrected chi connectivity index (χ0v) is 8.48. The molecule has 0 saturated heterocycles. The van der Waals surface area contributed by atoms with Crippen LogP contribution in [-0.4, -0.2) is 12.6 Å². The van der Waals surface area contributed by atoms with Crippen molar-refractivity contribution >= 4 is 11.6 Å². The van der Waals surface area contributed by atoms with Gasteiger partial charge >= 0.3 is 0 Å². The highest BCUT2D eigenvalue weighted by Crippen LogP contribution is 2.27. The van der Waals surface area contributed by atoms with Crippen LogP contribution in [-0.2, 0) is 0 Å². The lowest BCUT2D eigenvalue weighted by molar-refractivity contribution is 0.394. The van der Waals surface area contributed by atoms with Crippen molar-refractivity contribution in [1.29, 1.82) is 0 Å². The van der Waals surface area contributed by atoms with Crippen molar-refractivity contribution in [3.63, 3.8) is 0 Å². The predicted molar refractivity (Wildman–Crippen MR) is 54.4 cm³/mol. The third-order valence-electron chi connectivity index (χ3n) is 2.75. The Morgan fingerprint density at radius 2 is 2.17 bits per heavy atom. The van der Waals surface area contributed by atoms with Crippen LogP contribution in [0.4, 0.5) is 0 Å². The summed E-state index contributed by atoms with van der Waals surface area (Å²) in [6.45, 7) is 3.18. The maximum absolute atomic E-state index is 5.42. The normalized spacial score (nSPS) is 22.2. The zero-order valence-electron chi connectivity index (χ0n) is 7.72. The first-order chi connectivity index (χ1) is 5.84. The number of nitrogens with one attached hydrogen (secondary N) is 1. The van der Waals surface area contributed by atoms with Crippen LogP contribution >= 0.6 is 11.6 Å². The summed E-state index contributed by atoms with van der Waals surface area (Å²) in [4.78, 5) is 0. The van der Waals surface area contributed by atoms with Crippen LogP contribution in [0.15, 0.2) is 11.6 Å². The molecular formula is C10H18ClN. The van der Waals surface area contributed by atoms with Crippen molar-refractivity contribution < 1.29 is 0 Å². The average molecular weight is 188 g/mol. The molecule has 70 valence electrons. The molecule has 0 unspecified atom stereocenters. The quantitative estimate of drug-likeness (QED) is 0.714. The van der Waals surface area contributed by atoms with Crippen molar-refractivity contribution in [3.05, 3.63) is 11.6 Å². The highest BCUT2D eigenvalue weighted by atomic mass is 35.5. The van der Waals surface area contributed by atoms with Gasteiger partial charge in [-0.3, -0.25) is 0 Å². The van der Waals surface area contributed by atoms with Crippen LogP contribution in [0, 0.1) is 5.92 Å². The van der Waals surface area contributed by atoms with Gasteiger partial charge in [0.15, 0.2) is 0 Å². The van der Waals surface area contributed by atoms with Gasteiger partial charge in [-0.05, 0) is 25.7 Å². The van der Waals surface area contributed by atoms with Crippen molar-refractivity contribution in [3.8, 4) is 0 Å². The standard InChI is InChI=1S/C10H18ClN/c1-9(12-8-4-7-11)10-5-2-3-6-10/h4,7,9-10,12H,2-3,5-6,8H2,1H3/b7-4+/t9-/m0/s1. The molecule has 0 spiro atoms. The van der Waals surface area contributed by atoms with Gasteiger partial charge in [0.2, 0.25) is 0 Å². The van der Waals surface area contributed by atoms with E-state index in [0.717, 1.165) is 12.5 Å². The molecule has 1 saturated carbocycles. The first-order valence-corrected chi connectivity index (χ1v) is 5.27. The van der Waals surface area contributed by atoms with Gasteiger partial charge < -0.3 is 5.32 Å². The number of halogens is 1. The Morgan fingerprint density at radius 3 is 2.75 bits per heavy atom. The minimum Gasteiger partial charge on any atom is -0.310 e. The molecule has 0 aromatic rings. The maximum atomic E-state index is 5.42. The van der Waals surface area contributed by atoms with Gasteiger partial charge in [-0.1, -0.05) is 30.5 Å². The van der Waals surface area contributed by atoms with Gasteiger partial charge in [0, 0.05) is 18.1 Å². The Bertz CT molecular complexity index is 139. The molecule has 0 aliphatic heterocycles. The van der Waals surface area contributed by atoms with Gasteiger partial charge in [0.1, 0.15) is 0 Å². The van der Waals surface area contributed by atoms with E-state index in [2.05, 4.69) is 12.2 Å². The van der Waals surface area contributed by atoms with E-state index in [0.29, 0.717) is 6.04 Å². The minimum atomic E-state index is 0.653. The van der Waals surface area contributed by atoms with Crippen molar-refractivity contribution in [2.75, 3.05) is 6.54 Å². The fourth-order valence-corrected chi connectivity index (χ4v) is 2.01. The summed E-state index contributed by atoms with van der Waals surface area (Å²) in [7, 11) is 0. The lowest BCUT2D eigenvalue weighted by Gasteiger charge is -2.19. The number of hydrogen-bond acceptors (Lipinski definition) is 1. The fraction of sp³-hybridized carbons (Fsp3) is 0.800. The summed E-state index contributed by atoms with van der Waals surface area (Å²) in [5.41, 5.74) is 1.58. The molecule has 0 amide bonds. The summed E-state index contributed by atoms with van der Waals surface area (Å²) in [5.74, 6) is 0.897. The van der Waals surface area contributed by atoms with Crippen LogP contribution in [0.5, 0.6) is 0 Å². The van der Waals surface area contributed by atoms with Crippen LogP contribution in [0.3, 0.4) is 0 Å². The van der Waals surface area contributed by atoms with E-state index in [1.54, 1.807) is 5.54 Å². The highest BCUT2D eigenvalue weighted by molar-refractivity contribution is 6.25. The van der Waals surface area contributed by atoms with Crippen LogP contribution in [0.2, 0.25) is 0 Å². The van der Waals surface area contributed by atoms with E-state index >= 15 is 0 Å². The van der Waals surface area contributed by atoms with Crippen molar-refractivity contribution in [1.82, 2.24) is 5.32 Å². The summed E-state index contributed by atoms with van der Waals surface area (Å²) >= 11 is 5.42. The van der Waals surface area contributed by atoms with Crippen molar-refractivity contribution in [2.24, 2.45) is 5.92 Å². The van der Waals surface area contributed by atoms with E-state index in [1.165, 1.54) is 25.7 Å². The van der Waals surface area contributed by atoms with Crippen LogP contribution < -0.4 is 5.32 Å². The molecule has 1 fully saturated rings. The van der Waals surface area contributed by atoms with E-state index in [4.69, 9.17) is 11.6 Å². The molecule has 1 atom stereocenters. The lowest BCUT2D eigenvalue weighted by Crippen LogP contribution is -2.32. The predicted octanol–water partition coefficient (Wildman–Crippen LogP) is 2.91. The second-order valence-corrected chi connectivity index (χ2v) is 3.86. The molecule has 0 heterocycles. The molecular weight excluding hydrogens is 170 g/mol. The lowest BCUT2D eigenvalue weighted by atomic mass is 10.00. The van der Waals surface area contributed by atoms with Crippen molar-refractivity contribution in [2.45, 2.75) is 38.6 Å². The SMILES string of the molecule is C[C@H](NC/C=C/Cl)C1CCCC1. The maximum Gasteiger partial charge on any atom is 0.0149 e. The smallest absolute Gasteiger partial charge is 0.0149 e. The Hall–Kier alpha value is -0.0100. The summed E-state index contributed by atoms with van der Waals surface area (Å²) in [6.07, 6.45) is 7.59. The molecule has 12 heavy (non-hydrogen) atoms. The Labute approximate surface area is 80.2 Å². The molecule has 1 N–H and O–H groups in total. The molecule has 0 aromatic carbocycles. The highest BCUT2D eigenvalue weighted by Gasteiger charge is 2.20. The van der Waals surface area contributed by atoms with Crippen LogP contribution in [0.25, 0.3) is 0 Å². The topological polar surface area (TPSA) is 12.0 Å². The van der Waals surface area contributed by atoms with Gasteiger partial charge in [0.25, 0.3) is 0 Å². The van der Waals surface area contributed by atoms with E-state index in [9.17, 15) is 0 Å². The first kappa shape index (κ1) is 10.1. The average Bonchev–Trinajstić information content (AvgIpc) is 2.56. The van der Waals surface area contributed by atoms with Gasteiger partial charge in [-0.25, -0.2) is 0 Å².